The van der Waals surface area contributed by atoms with E-state index in [0.29, 0.717) is 0 Å². The van der Waals surface area contributed by atoms with E-state index in [9.17, 15) is 0 Å². The summed E-state index contributed by atoms with van der Waals surface area (Å²) in [7, 11) is 2.20. The topological polar surface area (TPSA) is 9.34 Å². The van der Waals surface area contributed by atoms with Crippen molar-refractivity contribution in [1.82, 2.24) is 8.97 Å². The van der Waals surface area contributed by atoms with Crippen molar-refractivity contribution in [2.75, 3.05) is 0 Å². The molecule has 3 heterocycles. The average Bonchev–Trinajstić information content (AvgIpc) is 3.63. The molecule has 0 radical (unpaired) electrons. The van der Waals surface area contributed by atoms with Crippen LogP contribution in [0.1, 0.15) is 5.56 Å². The third-order valence-corrected chi connectivity index (χ3v) is 9.64. The van der Waals surface area contributed by atoms with Crippen molar-refractivity contribution in [3.05, 3.63) is 127 Å². The zero-order valence-corrected chi connectivity index (χ0v) is 23.4. The fraction of sp³-hybridized carbons (Fsp3) is 0.0500. The molecule has 7 aromatic carbocycles. The summed E-state index contributed by atoms with van der Waals surface area (Å²) < 4.78 is 4.84. The Morgan fingerprint density at radius 2 is 1.17 bits per heavy atom. The third-order valence-electron chi connectivity index (χ3n) is 9.64. The van der Waals surface area contributed by atoms with Crippen LogP contribution in [0.4, 0.5) is 0 Å². The average molecular weight is 535 g/mol. The van der Waals surface area contributed by atoms with E-state index >= 15 is 0 Å². The summed E-state index contributed by atoms with van der Waals surface area (Å²) in [5, 5.41) is 13.1. The molecule has 10 aromatic rings. The first-order valence-corrected chi connectivity index (χ1v) is 14.7. The van der Waals surface area contributed by atoms with Gasteiger partial charge in [0.15, 0.2) is 0 Å². The molecular formula is C40H26N2. The molecule has 42 heavy (non-hydrogen) atoms. The Kier molecular flexibility index (Phi) is 4.09. The minimum Gasteiger partial charge on any atom is -0.343 e. The fourth-order valence-corrected chi connectivity index (χ4v) is 7.82. The van der Waals surface area contributed by atoms with Crippen molar-refractivity contribution in [2.45, 2.75) is 6.92 Å². The van der Waals surface area contributed by atoms with Gasteiger partial charge >= 0.3 is 0 Å². The van der Waals surface area contributed by atoms with Crippen LogP contribution in [0, 0.1) is 6.92 Å². The molecule has 0 saturated heterocycles. The molecular weight excluding hydrogens is 508 g/mol. The molecule has 0 aliphatic heterocycles. The molecule has 3 aromatic heterocycles. The van der Waals surface area contributed by atoms with Gasteiger partial charge in [-0.05, 0) is 82.2 Å². The SMILES string of the molecule is Cc1cc2c3ccccc3n3c4ccc(-c5cccc6cc7c(cc56)c5ccc6ccccc6c5n7C)cc4c(c1)c23. The van der Waals surface area contributed by atoms with Crippen LogP contribution in [0.2, 0.25) is 0 Å². The number of aryl methyl sites for hydroxylation is 2. The highest BCUT2D eigenvalue weighted by atomic mass is 14.9. The molecule has 2 nitrogen and oxygen atoms in total. The predicted octanol–water partition coefficient (Wildman–Crippen LogP) is 10.8. The van der Waals surface area contributed by atoms with E-state index in [4.69, 9.17) is 0 Å². The maximum Gasteiger partial charge on any atom is 0.0620 e. The molecule has 0 fully saturated rings. The number of rotatable bonds is 1. The van der Waals surface area contributed by atoms with Crippen LogP contribution in [0.25, 0.3) is 92.6 Å². The lowest BCUT2D eigenvalue weighted by atomic mass is 9.95. The second-order valence-electron chi connectivity index (χ2n) is 11.9. The first-order valence-electron chi connectivity index (χ1n) is 14.7. The zero-order chi connectivity index (χ0) is 27.7. The van der Waals surface area contributed by atoms with Gasteiger partial charge < -0.3 is 8.97 Å². The molecule has 0 unspecified atom stereocenters. The van der Waals surface area contributed by atoms with Crippen molar-refractivity contribution in [1.29, 1.82) is 0 Å². The molecule has 0 amide bonds. The minimum atomic E-state index is 1.26. The number of para-hydroxylation sites is 1. The van der Waals surface area contributed by atoms with Gasteiger partial charge in [-0.25, -0.2) is 0 Å². The Balaban J connectivity index is 1.28. The highest BCUT2D eigenvalue weighted by molar-refractivity contribution is 6.24. The van der Waals surface area contributed by atoms with Crippen molar-refractivity contribution in [3.63, 3.8) is 0 Å². The Labute approximate surface area is 242 Å². The van der Waals surface area contributed by atoms with Gasteiger partial charge in [-0.15, -0.1) is 0 Å². The van der Waals surface area contributed by atoms with E-state index in [1.807, 2.05) is 0 Å². The van der Waals surface area contributed by atoms with E-state index in [1.54, 1.807) is 0 Å². The highest BCUT2D eigenvalue weighted by Gasteiger charge is 2.19. The number of benzene rings is 7. The third kappa shape index (κ3) is 2.70. The van der Waals surface area contributed by atoms with Crippen LogP contribution in [0.15, 0.2) is 121 Å². The predicted molar refractivity (Wildman–Crippen MR) is 180 cm³/mol. The lowest BCUT2D eigenvalue weighted by Gasteiger charge is -2.09. The molecule has 196 valence electrons. The van der Waals surface area contributed by atoms with Crippen molar-refractivity contribution in [3.8, 4) is 11.1 Å². The van der Waals surface area contributed by atoms with Crippen LogP contribution in [0.5, 0.6) is 0 Å². The maximum absolute atomic E-state index is 2.46. The summed E-state index contributed by atoms with van der Waals surface area (Å²) in [5.41, 5.74) is 10.3. The van der Waals surface area contributed by atoms with Crippen molar-refractivity contribution in [2.24, 2.45) is 7.05 Å². The maximum atomic E-state index is 2.46. The van der Waals surface area contributed by atoms with Gasteiger partial charge in [-0.3, -0.25) is 0 Å². The number of hydrogen-bond donors (Lipinski definition) is 0. The number of nitrogens with zero attached hydrogens (tertiary/aromatic N) is 2. The molecule has 10 rings (SSSR count). The molecule has 0 spiro atoms. The Morgan fingerprint density at radius 1 is 0.429 bits per heavy atom. The minimum absolute atomic E-state index is 1.26. The van der Waals surface area contributed by atoms with Gasteiger partial charge in [0.2, 0.25) is 0 Å². The fourth-order valence-electron chi connectivity index (χ4n) is 7.82. The van der Waals surface area contributed by atoms with Gasteiger partial charge in [0.1, 0.15) is 0 Å². The van der Waals surface area contributed by atoms with E-state index < -0.39 is 0 Å². The lowest BCUT2D eigenvalue weighted by molar-refractivity contribution is 1.02. The lowest BCUT2D eigenvalue weighted by Crippen LogP contribution is -1.88. The van der Waals surface area contributed by atoms with E-state index in [2.05, 4.69) is 144 Å². The summed E-state index contributed by atoms with van der Waals surface area (Å²) in [4.78, 5) is 0. The molecule has 0 aliphatic rings. The second kappa shape index (κ2) is 7.69. The largest absolute Gasteiger partial charge is 0.343 e. The summed E-state index contributed by atoms with van der Waals surface area (Å²) in [6.07, 6.45) is 0. The summed E-state index contributed by atoms with van der Waals surface area (Å²) >= 11 is 0. The monoisotopic (exact) mass is 534 g/mol. The van der Waals surface area contributed by atoms with Crippen molar-refractivity contribution < 1.29 is 0 Å². The normalized spacial score (nSPS) is 12.5. The molecule has 2 heteroatoms. The second-order valence-corrected chi connectivity index (χ2v) is 11.9. The Hall–Kier alpha value is -5.34. The summed E-state index contributed by atoms with van der Waals surface area (Å²) in [6, 6.07) is 45.4. The van der Waals surface area contributed by atoms with E-state index in [0.717, 1.165) is 0 Å². The first-order chi connectivity index (χ1) is 20.7. The van der Waals surface area contributed by atoms with Gasteiger partial charge in [0.25, 0.3) is 0 Å². The first kappa shape index (κ1) is 22.4. The van der Waals surface area contributed by atoms with Gasteiger partial charge in [-0.1, -0.05) is 78.9 Å². The Morgan fingerprint density at radius 3 is 2.07 bits per heavy atom. The standard InChI is InChI=1S/C40H26N2/c1-23-18-34-29-11-5-6-13-36(29)42-37-17-15-26(20-32(37)35(19-23)40(34)42)27-12-7-9-25-21-38-33(22-31(25)27)30-16-14-24-8-3-4-10-28(24)39(30)41(38)2/h3-22H,1-2H3. The van der Waals surface area contributed by atoms with Gasteiger partial charge in [0, 0.05) is 50.3 Å². The summed E-state index contributed by atoms with van der Waals surface area (Å²) in [5.74, 6) is 0. The van der Waals surface area contributed by atoms with Gasteiger partial charge in [-0.2, -0.15) is 0 Å². The van der Waals surface area contributed by atoms with Crippen molar-refractivity contribution >= 4 is 81.4 Å². The van der Waals surface area contributed by atoms with Crippen LogP contribution >= 0.6 is 0 Å². The molecule has 0 saturated carbocycles. The molecule has 0 atom stereocenters. The number of fused-ring (bicyclic) bond motifs is 12. The number of hydrogen-bond acceptors (Lipinski definition) is 0. The smallest absolute Gasteiger partial charge is 0.0620 e. The van der Waals surface area contributed by atoms with Gasteiger partial charge in [0.05, 0.1) is 22.1 Å². The number of aromatic nitrogens is 2. The molecule has 0 bridgehead atoms. The Bertz CT molecular complexity index is 2750. The van der Waals surface area contributed by atoms with Crippen LogP contribution < -0.4 is 0 Å². The zero-order valence-electron chi connectivity index (χ0n) is 23.4. The van der Waals surface area contributed by atoms with Crippen LogP contribution in [-0.2, 0) is 7.05 Å². The van der Waals surface area contributed by atoms with Crippen LogP contribution in [-0.4, -0.2) is 8.97 Å². The summed E-state index contributed by atoms with van der Waals surface area (Å²) in [6.45, 7) is 2.22. The van der Waals surface area contributed by atoms with E-state index in [-0.39, 0.29) is 0 Å². The van der Waals surface area contributed by atoms with E-state index in [1.165, 1.54) is 98.1 Å². The molecule has 0 N–H and O–H groups in total. The van der Waals surface area contributed by atoms with Crippen LogP contribution in [0.3, 0.4) is 0 Å². The quantitative estimate of drug-likeness (QED) is 0.198. The molecule has 0 aliphatic carbocycles. The highest BCUT2D eigenvalue weighted by Crippen LogP contribution is 2.43.